The van der Waals surface area contributed by atoms with Crippen LogP contribution >= 0.6 is 0 Å². The number of carbonyl (C=O) groups is 1. The van der Waals surface area contributed by atoms with E-state index in [9.17, 15) is 14.0 Å². The second-order valence-electron chi connectivity index (χ2n) is 8.37. The number of ether oxygens (including phenoxy) is 1. The fourth-order valence-corrected chi connectivity index (χ4v) is 4.43. The first kappa shape index (κ1) is 21.9. The van der Waals surface area contributed by atoms with E-state index in [4.69, 9.17) is 9.15 Å². The number of amides is 1. The summed E-state index contributed by atoms with van der Waals surface area (Å²) < 4.78 is 25.5. The van der Waals surface area contributed by atoms with Crippen LogP contribution in [0.5, 0.6) is 5.75 Å². The fourth-order valence-electron chi connectivity index (χ4n) is 4.43. The Balaban J connectivity index is 1.60. The third-order valence-electron chi connectivity index (χ3n) is 6.08. The molecule has 0 N–H and O–H groups in total. The maximum atomic E-state index is 13.9. The molecular weight excluding hydrogens is 433 g/mol. The molecule has 1 amide bonds. The van der Waals surface area contributed by atoms with Gasteiger partial charge in [0.2, 0.25) is 5.76 Å². The summed E-state index contributed by atoms with van der Waals surface area (Å²) in [6.45, 7) is 3.04. The average Bonchev–Trinajstić information content (AvgIpc) is 3.14. The van der Waals surface area contributed by atoms with Crippen LogP contribution in [0.2, 0.25) is 0 Å². The number of halogens is 1. The molecule has 0 saturated heterocycles. The minimum absolute atomic E-state index is 0.0217. The smallest absolute Gasteiger partial charge is 0.290 e. The molecule has 2 heterocycles. The number of rotatable bonds is 7. The number of hydrogen-bond acceptors (Lipinski definition) is 4. The molecule has 1 unspecified atom stereocenters. The monoisotopic (exact) mass is 457 g/mol. The van der Waals surface area contributed by atoms with E-state index in [1.165, 1.54) is 12.1 Å². The molecule has 0 bridgehead atoms. The number of hydrogen-bond donors (Lipinski definition) is 0. The Labute approximate surface area is 196 Å². The SMILES string of the molecule is CCCOc1ccc(C2c3c(oc4ccc(F)cc4c3=O)C(=O)N2CCc2ccccc2)cc1. The van der Waals surface area contributed by atoms with Gasteiger partial charge in [-0.1, -0.05) is 49.4 Å². The van der Waals surface area contributed by atoms with Gasteiger partial charge in [0.1, 0.15) is 17.1 Å². The highest BCUT2D eigenvalue weighted by Crippen LogP contribution is 2.38. The van der Waals surface area contributed by atoms with Crippen LogP contribution in [0.3, 0.4) is 0 Å². The molecule has 172 valence electrons. The first-order valence-electron chi connectivity index (χ1n) is 11.4. The quantitative estimate of drug-likeness (QED) is 0.367. The molecule has 34 heavy (non-hydrogen) atoms. The van der Waals surface area contributed by atoms with Crippen LogP contribution in [0.4, 0.5) is 4.39 Å². The third kappa shape index (κ3) is 3.96. The summed E-state index contributed by atoms with van der Waals surface area (Å²) in [5.74, 6) is -0.128. The van der Waals surface area contributed by atoms with Crippen molar-refractivity contribution in [1.29, 1.82) is 0 Å². The van der Waals surface area contributed by atoms with Crippen molar-refractivity contribution in [2.75, 3.05) is 13.2 Å². The van der Waals surface area contributed by atoms with Gasteiger partial charge in [-0.15, -0.1) is 0 Å². The summed E-state index contributed by atoms with van der Waals surface area (Å²) in [7, 11) is 0. The molecule has 1 aliphatic rings. The highest BCUT2D eigenvalue weighted by molar-refractivity contribution is 5.99. The summed E-state index contributed by atoms with van der Waals surface area (Å²) in [4.78, 5) is 28.6. The van der Waals surface area contributed by atoms with E-state index >= 15 is 0 Å². The third-order valence-corrected chi connectivity index (χ3v) is 6.08. The minimum atomic E-state index is -0.629. The van der Waals surface area contributed by atoms with Crippen LogP contribution in [0.25, 0.3) is 11.0 Å². The Bertz CT molecular complexity index is 1400. The Morgan fingerprint density at radius 2 is 1.76 bits per heavy atom. The molecule has 1 atom stereocenters. The van der Waals surface area contributed by atoms with Crippen LogP contribution in [0.15, 0.2) is 82.0 Å². The molecule has 0 fully saturated rings. The molecule has 6 heteroatoms. The first-order chi connectivity index (χ1) is 16.6. The Kier molecular flexibility index (Phi) is 5.88. The van der Waals surface area contributed by atoms with E-state index in [0.717, 1.165) is 29.4 Å². The van der Waals surface area contributed by atoms with Gasteiger partial charge in [-0.3, -0.25) is 9.59 Å². The second-order valence-corrected chi connectivity index (χ2v) is 8.37. The zero-order valence-corrected chi connectivity index (χ0v) is 18.8. The second kappa shape index (κ2) is 9.14. The molecule has 4 aromatic rings. The van der Waals surface area contributed by atoms with Crippen molar-refractivity contribution in [2.24, 2.45) is 0 Å². The van der Waals surface area contributed by atoms with Crippen molar-refractivity contribution >= 4 is 16.9 Å². The van der Waals surface area contributed by atoms with Gasteiger partial charge >= 0.3 is 0 Å². The zero-order chi connectivity index (χ0) is 23.7. The van der Waals surface area contributed by atoms with Crippen molar-refractivity contribution in [3.63, 3.8) is 0 Å². The normalized spacial score (nSPS) is 15.1. The van der Waals surface area contributed by atoms with Gasteiger partial charge in [-0.25, -0.2) is 4.39 Å². The standard InChI is InChI=1S/C28H24FNO4/c1-2-16-33-21-11-8-19(9-12-21)25-24-26(31)22-17-20(29)10-13-23(22)34-27(24)28(32)30(25)15-14-18-6-4-3-5-7-18/h3-13,17,25H,2,14-16H2,1H3. The molecule has 1 aromatic heterocycles. The molecular formula is C28H24FNO4. The van der Waals surface area contributed by atoms with E-state index < -0.39 is 11.9 Å². The topological polar surface area (TPSA) is 59.8 Å². The van der Waals surface area contributed by atoms with Crippen molar-refractivity contribution in [1.82, 2.24) is 4.90 Å². The molecule has 0 spiro atoms. The highest BCUT2D eigenvalue weighted by atomic mass is 19.1. The average molecular weight is 458 g/mol. The minimum Gasteiger partial charge on any atom is -0.494 e. The van der Waals surface area contributed by atoms with Crippen molar-refractivity contribution in [2.45, 2.75) is 25.8 Å². The maximum absolute atomic E-state index is 13.9. The van der Waals surface area contributed by atoms with E-state index in [1.54, 1.807) is 4.90 Å². The van der Waals surface area contributed by atoms with Gasteiger partial charge in [0.25, 0.3) is 5.91 Å². The van der Waals surface area contributed by atoms with E-state index in [0.29, 0.717) is 19.6 Å². The Morgan fingerprint density at radius 1 is 1.00 bits per heavy atom. The summed E-state index contributed by atoms with van der Waals surface area (Å²) in [5.41, 5.74) is 1.92. The van der Waals surface area contributed by atoms with E-state index in [1.807, 2.05) is 61.5 Å². The number of carbonyl (C=O) groups excluding carboxylic acids is 1. The predicted octanol–water partition coefficient (Wildman–Crippen LogP) is 5.51. The lowest BCUT2D eigenvalue weighted by Crippen LogP contribution is -2.31. The molecule has 1 aliphatic heterocycles. The number of nitrogens with zero attached hydrogens (tertiary/aromatic N) is 1. The highest BCUT2D eigenvalue weighted by Gasteiger charge is 2.42. The summed E-state index contributed by atoms with van der Waals surface area (Å²) in [6, 6.07) is 20.4. The summed E-state index contributed by atoms with van der Waals surface area (Å²) in [5, 5.41) is 0.129. The predicted molar refractivity (Wildman–Crippen MR) is 128 cm³/mol. The van der Waals surface area contributed by atoms with Gasteiger partial charge in [0.05, 0.1) is 23.6 Å². The maximum Gasteiger partial charge on any atom is 0.290 e. The van der Waals surface area contributed by atoms with Crippen molar-refractivity contribution in [3.05, 3.63) is 111 Å². The van der Waals surface area contributed by atoms with E-state index in [-0.39, 0.29) is 33.6 Å². The lowest BCUT2D eigenvalue weighted by molar-refractivity contribution is 0.0730. The van der Waals surface area contributed by atoms with Gasteiger partial charge < -0.3 is 14.1 Å². The zero-order valence-electron chi connectivity index (χ0n) is 18.8. The summed E-state index contributed by atoms with van der Waals surface area (Å²) >= 11 is 0. The Hall–Kier alpha value is -3.93. The van der Waals surface area contributed by atoms with Crippen molar-refractivity contribution < 1.29 is 18.3 Å². The molecule has 3 aromatic carbocycles. The Morgan fingerprint density at radius 3 is 2.50 bits per heavy atom. The number of fused-ring (bicyclic) bond motifs is 2. The van der Waals surface area contributed by atoms with Gasteiger partial charge in [-0.2, -0.15) is 0 Å². The van der Waals surface area contributed by atoms with E-state index in [2.05, 4.69) is 0 Å². The molecule has 0 aliphatic carbocycles. The van der Waals surface area contributed by atoms with Gasteiger partial charge in [-0.05, 0) is 54.3 Å². The lowest BCUT2D eigenvalue weighted by Gasteiger charge is -2.25. The van der Waals surface area contributed by atoms with Gasteiger partial charge in [0.15, 0.2) is 5.43 Å². The van der Waals surface area contributed by atoms with Gasteiger partial charge in [0, 0.05) is 6.54 Å². The molecule has 0 radical (unpaired) electrons. The lowest BCUT2D eigenvalue weighted by atomic mass is 9.98. The molecule has 5 nitrogen and oxygen atoms in total. The van der Waals surface area contributed by atoms with Crippen LogP contribution in [0.1, 0.15) is 46.6 Å². The first-order valence-corrected chi connectivity index (χ1v) is 11.4. The van der Waals surface area contributed by atoms with Crippen molar-refractivity contribution in [3.8, 4) is 5.75 Å². The number of benzene rings is 3. The van der Waals surface area contributed by atoms with Crippen LogP contribution in [-0.4, -0.2) is 24.0 Å². The van der Waals surface area contributed by atoms with Crippen LogP contribution < -0.4 is 10.2 Å². The summed E-state index contributed by atoms with van der Waals surface area (Å²) in [6.07, 6.45) is 1.52. The molecule has 0 saturated carbocycles. The fraction of sp³-hybridized carbons (Fsp3) is 0.214. The van der Waals surface area contributed by atoms with Crippen LogP contribution in [0, 0.1) is 5.82 Å². The largest absolute Gasteiger partial charge is 0.494 e. The molecule has 5 rings (SSSR count). The van der Waals surface area contributed by atoms with Crippen LogP contribution in [-0.2, 0) is 6.42 Å².